The Bertz CT molecular complexity index is 476. The van der Waals surface area contributed by atoms with Gasteiger partial charge in [-0.05, 0) is 31.4 Å². The van der Waals surface area contributed by atoms with Crippen LogP contribution in [0.15, 0.2) is 24.3 Å². The molecule has 0 unspecified atom stereocenters. The number of ether oxygens (including phenoxy) is 1. The molecule has 0 aromatic heterocycles. The van der Waals surface area contributed by atoms with E-state index in [0.717, 1.165) is 11.1 Å². The third-order valence-corrected chi connectivity index (χ3v) is 3.69. The normalized spacial score (nSPS) is 16.2. The summed E-state index contributed by atoms with van der Waals surface area (Å²) in [6.07, 6.45) is 1.37. The lowest BCUT2D eigenvalue weighted by Crippen LogP contribution is -2.40. The number of hydrogen-bond acceptors (Lipinski definition) is 3. The molecule has 1 saturated heterocycles. The van der Waals surface area contributed by atoms with E-state index in [-0.39, 0.29) is 17.8 Å². The first-order chi connectivity index (χ1) is 9.13. The van der Waals surface area contributed by atoms with Crippen LogP contribution in [0, 0.1) is 12.8 Å². The van der Waals surface area contributed by atoms with E-state index >= 15 is 0 Å². The lowest BCUT2D eigenvalue weighted by Gasteiger charge is -2.31. The van der Waals surface area contributed by atoms with Crippen molar-refractivity contribution in [2.45, 2.75) is 19.8 Å². The van der Waals surface area contributed by atoms with E-state index in [4.69, 9.17) is 4.74 Å². The number of amides is 1. The molecule has 1 aliphatic rings. The summed E-state index contributed by atoms with van der Waals surface area (Å²) in [5.41, 5.74) is 1.74. The monoisotopic (exact) mass is 261 g/mol. The van der Waals surface area contributed by atoms with Crippen molar-refractivity contribution < 1.29 is 14.3 Å². The van der Waals surface area contributed by atoms with Gasteiger partial charge in [-0.25, -0.2) is 0 Å². The molecule has 0 radical (unpaired) electrons. The Labute approximate surface area is 113 Å². The van der Waals surface area contributed by atoms with E-state index in [1.165, 1.54) is 7.11 Å². The second-order valence-corrected chi connectivity index (χ2v) is 4.90. The first kappa shape index (κ1) is 13.6. The van der Waals surface area contributed by atoms with E-state index in [2.05, 4.69) is 0 Å². The molecule has 0 spiro atoms. The second-order valence-electron chi connectivity index (χ2n) is 4.90. The fourth-order valence-corrected chi connectivity index (χ4v) is 2.47. The number of likely N-dealkylation sites (tertiary alicyclic amines) is 1. The molecule has 0 atom stereocenters. The molecule has 4 heteroatoms. The number of benzene rings is 1. The van der Waals surface area contributed by atoms with Crippen molar-refractivity contribution in [1.82, 2.24) is 4.90 Å². The molecule has 1 aliphatic heterocycles. The summed E-state index contributed by atoms with van der Waals surface area (Å²) in [6, 6.07) is 7.59. The quantitative estimate of drug-likeness (QED) is 0.765. The molecular formula is C15H19NO3. The topological polar surface area (TPSA) is 46.6 Å². The zero-order valence-corrected chi connectivity index (χ0v) is 11.4. The van der Waals surface area contributed by atoms with Crippen LogP contribution in [-0.2, 0) is 9.53 Å². The molecule has 19 heavy (non-hydrogen) atoms. The largest absolute Gasteiger partial charge is 0.469 e. The molecule has 2 rings (SSSR count). The molecule has 1 heterocycles. The number of aryl methyl sites for hydroxylation is 1. The molecule has 0 saturated carbocycles. The zero-order valence-electron chi connectivity index (χ0n) is 11.4. The average Bonchev–Trinajstić information content (AvgIpc) is 2.46. The van der Waals surface area contributed by atoms with Crippen molar-refractivity contribution in [2.24, 2.45) is 5.92 Å². The van der Waals surface area contributed by atoms with Gasteiger partial charge in [-0.3, -0.25) is 9.59 Å². The van der Waals surface area contributed by atoms with Crippen LogP contribution in [0.1, 0.15) is 28.8 Å². The first-order valence-electron chi connectivity index (χ1n) is 6.56. The molecule has 0 bridgehead atoms. The van der Waals surface area contributed by atoms with E-state index in [0.29, 0.717) is 25.9 Å². The number of piperidine rings is 1. The van der Waals surface area contributed by atoms with Gasteiger partial charge in [0.25, 0.3) is 5.91 Å². The van der Waals surface area contributed by atoms with Crippen LogP contribution in [0.2, 0.25) is 0 Å². The Morgan fingerprint density at radius 3 is 2.42 bits per heavy atom. The third kappa shape index (κ3) is 2.95. The third-order valence-electron chi connectivity index (χ3n) is 3.69. The predicted octanol–water partition coefficient (Wildman–Crippen LogP) is 2.02. The van der Waals surface area contributed by atoms with Crippen LogP contribution in [0.25, 0.3) is 0 Å². The standard InChI is InChI=1S/C15H19NO3/c1-11-5-3-4-6-13(11)14(17)16-9-7-12(8-10-16)15(18)19-2/h3-6,12H,7-10H2,1-2H3. The Kier molecular flexibility index (Phi) is 4.20. The minimum atomic E-state index is -0.164. The number of carbonyl (C=O) groups excluding carboxylic acids is 2. The van der Waals surface area contributed by atoms with Gasteiger partial charge in [0.1, 0.15) is 0 Å². The minimum Gasteiger partial charge on any atom is -0.469 e. The smallest absolute Gasteiger partial charge is 0.308 e. The summed E-state index contributed by atoms with van der Waals surface area (Å²) in [7, 11) is 1.41. The van der Waals surface area contributed by atoms with Crippen LogP contribution in [0.4, 0.5) is 0 Å². The maximum Gasteiger partial charge on any atom is 0.308 e. The van der Waals surface area contributed by atoms with Gasteiger partial charge < -0.3 is 9.64 Å². The first-order valence-corrected chi connectivity index (χ1v) is 6.56. The van der Waals surface area contributed by atoms with Crippen molar-refractivity contribution in [1.29, 1.82) is 0 Å². The van der Waals surface area contributed by atoms with E-state index < -0.39 is 0 Å². The molecule has 0 aliphatic carbocycles. The molecule has 1 amide bonds. The number of esters is 1. The Balaban J connectivity index is 2.00. The SMILES string of the molecule is COC(=O)C1CCN(C(=O)c2ccccc2C)CC1. The van der Waals surface area contributed by atoms with Gasteiger partial charge in [-0.2, -0.15) is 0 Å². The van der Waals surface area contributed by atoms with E-state index in [1.807, 2.05) is 36.1 Å². The maximum absolute atomic E-state index is 12.4. The summed E-state index contributed by atoms with van der Waals surface area (Å²) >= 11 is 0. The van der Waals surface area contributed by atoms with Crippen LogP contribution in [0.3, 0.4) is 0 Å². The summed E-state index contributed by atoms with van der Waals surface area (Å²) in [4.78, 5) is 25.6. The van der Waals surface area contributed by atoms with E-state index in [1.54, 1.807) is 0 Å². The fourth-order valence-electron chi connectivity index (χ4n) is 2.47. The van der Waals surface area contributed by atoms with Gasteiger partial charge in [-0.15, -0.1) is 0 Å². The highest BCUT2D eigenvalue weighted by atomic mass is 16.5. The summed E-state index contributed by atoms with van der Waals surface area (Å²) in [5, 5.41) is 0. The summed E-state index contributed by atoms with van der Waals surface area (Å²) in [6.45, 7) is 3.17. The summed E-state index contributed by atoms with van der Waals surface area (Å²) < 4.78 is 4.75. The van der Waals surface area contributed by atoms with Crippen molar-refractivity contribution in [3.63, 3.8) is 0 Å². The summed E-state index contributed by atoms with van der Waals surface area (Å²) in [5.74, 6) is -0.171. The lowest BCUT2D eigenvalue weighted by molar-refractivity contribution is -0.146. The highest BCUT2D eigenvalue weighted by Crippen LogP contribution is 2.21. The fraction of sp³-hybridized carbons (Fsp3) is 0.467. The average molecular weight is 261 g/mol. The van der Waals surface area contributed by atoms with Gasteiger partial charge >= 0.3 is 5.97 Å². The van der Waals surface area contributed by atoms with Gasteiger partial charge in [0.2, 0.25) is 0 Å². The van der Waals surface area contributed by atoms with Gasteiger partial charge in [0.15, 0.2) is 0 Å². The van der Waals surface area contributed by atoms with Crippen molar-refractivity contribution >= 4 is 11.9 Å². The molecule has 102 valence electrons. The predicted molar refractivity (Wildman–Crippen MR) is 71.8 cm³/mol. The lowest BCUT2D eigenvalue weighted by atomic mass is 9.96. The van der Waals surface area contributed by atoms with E-state index in [9.17, 15) is 9.59 Å². The number of methoxy groups -OCH3 is 1. The van der Waals surface area contributed by atoms with Crippen LogP contribution in [-0.4, -0.2) is 37.0 Å². The Morgan fingerprint density at radius 1 is 1.21 bits per heavy atom. The molecule has 0 N–H and O–H groups in total. The second kappa shape index (κ2) is 5.87. The molecule has 1 aromatic carbocycles. The highest BCUT2D eigenvalue weighted by molar-refractivity contribution is 5.95. The highest BCUT2D eigenvalue weighted by Gasteiger charge is 2.28. The van der Waals surface area contributed by atoms with Gasteiger partial charge in [0.05, 0.1) is 13.0 Å². The number of hydrogen-bond donors (Lipinski definition) is 0. The minimum absolute atomic E-state index is 0.0569. The van der Waals surface area contributed by atoms with Crippen molar-refractivity contribution in [2.75, 3.05) is 20.2 Å². The maximum atomic E-state index is 12.4. The molecule has 1 aromatic rings. The zero-order chi connectivity index (χ0) is 13.8. The van der Waals surface area contributed by atoms with Crippen molar-refractivity contribution in [3.05, 3.63) is 35.4 Å². The van der Waals surface area contributed by atoms with Gasteiger partial charge in [0, 0.05) is 18.7 Å². The number of rotatable bonds is 2. The number of carbonyl (C=O) groups is 2. The molecule has 4 nitrogen and oxygen atoms in total. The Morgan fingerprint density at radius 2 is 1.84 bits per heavy atom. The van der Waals surface area contributed by atoms with Crippen molar-refractivity contribution in [3.8, 4) is 0 Å². The van der Waals surface area contributed by atoms with Crippen LogP contribution in [0.5, 0.6) is 0 Å². The molecular weight excluding hydrogens is 242 g/mol. The van der Waals surface area contributed by atoms with Crippen LogP contribution < -0.4 is 0 Å². The number of nitrogens with zero attached hydrogens (tertiary/aromatic N) is 1. The molecule has 1 fully saturated rings. The van der Waals surface area contributed by atoms with Gasteiger partial charge in [-0.1, -0.05) is 18.2 Å². The van der Waals surface area contributed by atoms with Crippen LogP contribution >= 0.6 is 0 Å². The Hall–Kier alpha value is -1.84.